The van der Waals surface area contributed by atoms with Crippen LogP contribution >= 0.6 is 23.1 Å². The second kappa shape index (κ2) is 11.0. The fourth-order valence-electron chi connectivity index (χ4n) is 4.97. The number of ether oxygens (including phenoxy) is 1. The molecule has 0 spiro atoms. The zero-order valence-corrected chi connectivity index (χ0v) is 26.8. The van der Waals surface area contributed by atoms with E-state index in [2.05, 4.69) is 69.6 Å². The summed E-state index contributed by atoms with van der Waals surface area (Å²) in [5.41, 5.74) is 4.54. The number of halogens is 1. The van der Waals surface area contributed by atoms with E-state index in [-0.39, 0.29) is 5.41 Å². The van der Waals surface area contributed by atoms with E-state index in [4.69, 9.17) is 9.72 Å². The van der Waals surface area contributed by atoms with Crippen molar-refractivity contribution in [2.24, 2.45) is 7.05 Å². The van der Waals surface area contributed by atoms with Gasteiger partial charge in [0.1, 0.15) is 18.7 Å². The first kappa shape index (κ1) is 28.8. The molecule has 8 nitrogen and oxygen atoms in total. The molecule has 0 atom stereocenters. The number of nitrogens with one attached hydrogen (secondary N) is 2. The standard InChI is InChI=1S/C31H34BrN6O2P/c1-31(2,3)23-15-27(40-5)26(14-22(23)20-16-34-38(4)18-20)36-30-33-17-24(32)29(37-30)35-25-13-12-19-10-8-9-11-21(19)28(25)41(6,7)39/h8-18H,1-7H3,(H2,33,35,36,37). The molecule has 2 heterocycles. The van der Waals surface area contributed by atoms with E-state index in [1.54, 1.807) is 31.3 Å². The Morgan fingerprint density at radius 3 is 2.41 bits per heavy atom. The third-order valence-electron chi connectivity index (χ3n) is 6.85. The molecule has 0 fully saturated rings. The lowest BCUT2D eigenvalue weighted by Gasteiger charge is -2.25. The predicted octanol–water partition coefficient (Wildman–Crippen LogP) is 7.83. The number of fused-ring (bicyclic) bond motifs is 1. The van der Waals surface area contributed by atoms with Crippen LogP contribution in [0.5, 0.6) is 5.75 Å². The molecule has 0 saturated carbocycles. The second-order valence-corrected chi connectivity index (χ2v) is 15.4. The molecule has 0 aliphatic heterocycles. The van der Waals surface area contributed by atoms with Gasteiger partial charge in [-0.05, 0) is 74.8 Å². The van der Waals surface area contributed by atoms with Gasteiger partial charge >= 0.3 is 0 Å². The van der Waals surface area contributed by atoms with Gasteiger partial charge in [0.25, 0.3) is 0 Å². The van der Waals surface area contributed by atoms with E-state index < -0.39 is 7.14 Å². The van der Waals surface area contributed by atoms with Crippen molar-refractivity contribution in [3.8, 4) is 16.9 Å². The molecule has 0 saturated heterocycles. The van der Waals surface area contributed by atoms with Crippen molar-refractivity contribution < 1.29 is 9.30 Å². The topological polar surface area (TPSA) is 94.0 Å². The van der Waals surface area contributed by atoms with Crippen LogP contribution in [0.2, 0.25) is 0 Å². The maximum absolute atomic E-state index is 13.4. The van der Waals surface area contributed by atoms with Gasteiger partial charge in [-0.3, -0.25) is 4.68 Å². The minimum Gasteiger partial charge on any atom is -0.495 e. The summed E-state index contributed by atoms with van der Waals surface area (Å²) < 4.78 is 21.7. The van der Waals surface area contributed by atoms with Crippen molar-refractivity contribution in [3.05, 3.63) is 77.2 Å². The monoisotopic (exact) mass is 632 g/mol. The highest BCUT2D eigenvalue weighted by Crippen LogP contribution is 2.43. The number of hydrogen-bond acceptors (Lipinski definition) is 7. The molecule has 41 heavy (non-hydrogen) atoms. The second-order valence-electron chi connectivity index (χ2n) is 11.4. The van der Waals surface area contributed by atoms with Crippen LogP contribution in [-0.2, 0) is 17.0 Å². The van der Waals surface area contributed by atoms with E-state index >= 15 is 0 Å². The maximum atomic E-state index is 13.4. The number of hydrogen-bond donors (Lipinski definition) is 2. The van der Waals surface area contributed by atoms with Crippen molar-refractivity contribution in [1.82, 2.24) is 19.7 Å². The average molecular weight is 634 g/mol. The van der Waals surface area contributed by atoms with Crippen LogP contribution in [0.3, 0.4) is 0 Å². The van der Waals surface area contributed by atoms with Gasteiger partial charge in [-0.1, -0.05) is 51.1 Å². The summed E-state index contributed by atoms with van der Waals surface area (Å²) in [6, 6.07) is 16.1. The SMILES string of the molecule is COc1cc(C(C)(C)C)c(-c2cnn(C)c2)cc1Nc1ncc(Br)c(Nc2ccc3ccccc3c2P(C)(C)=O)n1. The molecule has 0 aliphatic rings. The molecular formula is C31H34BrN6O2P. The highest BCUT2D eigenvalue weighted by Gasteiger charge is 2.24. The van der Waals surface area contributed by atoms with Gasteiger partial charge < -0.3 is 19.9 Å². The number of aromatic nitrogens is 4. The van der Waals surface area contributed by atoms with E-state index in [1.165, 1.54) is 0 Å². The highest BCUT2D eigenvalue weighted by molar-refractivity contribution is 9.10. The fraction of sp³-hybridized carbons (Fsp3) is 0.258. The molecule has 5 aromatic rings. The van der Waals surface area contributed by atoms with Gasteiger partial charge in [-0.2, -0.15) is 10.1 Å². The fourth-order valence-corrected chi connectivity index (χ4v) is 6.75. The summed E-state index contributed by atoms with van der Waals surface area (Å²) in [6.45, 7) is 10.1. The lowest BCUT2D eigenvalue weighted by molar-refractivity contribution is 0.415. The van der Waals surface area contributed by atoms with Crippen molar-refractivity contribution in [1.29, 1.82) is 0 Å². The smallest absolute Gasteiger partial charge is 0.229 e. The number of rotatable bonds is 7. The van der Waals surface area contributed by atoms with E-state index in [1.807, 2.05) is 55.8 Å². The normalized spacial score (nSPS) is 12.0. The Labute approximate surface area is 249 Å². The van der Waals surface area contributed by atoms with Crippen molar-refractivity contribution in [3.63, 3.8) is 0 Å². The van der Waals surface area contributed by atoms with Crippen molar-refractivity contribution >= 4 is 62.3 Å². The molecule has 2 aromatic heterocycles. The number of nitrogens with zero attached hydrogens (tertiary/aromatic N) is 4. The summed E-state index contributed by atoms with van der Waals surface area (Å²) in [5, 5.41) is 13.9. The minimum atomic E-state index is -2.64. The molecule has 0 unspecified atom stereocenters. The first-order valence-electron chi connectivity index (χ1n) is 13.2. The summed E-state index contributed by atoms with van der Waals surface area (Å²) in [6.07, 6.45) is 5.55. The molecule has 0 aliphatic carbocycles. The summed E-state index contributed by atoms with van der Waals surface area (Å²) >= 11 is 3.58. The number of methoxy groups -OCH3 is 1. The Morgan fingerprint density at radius 2 is 1.76 bits per heavy atom. The molecule has 5 rings (SSSR count). The van der Waals surface area contributed by atoms with Crippen LogP contribution in [0.1, 0.15) is 26.3 Å². The van der Waals surface area contributed by atoms with Crippen molar-refractivity contribution in [2.45, 2.75) is 26.2 Å². The van der Waals surface area contributed by atoms with Gasteiger partial charge in [0.05, 0.1) is 29.2 Å². The van der Waals surface area contributed by atoms with Crippen LogP contribution < -0.4 is 20.7 Å². The van der Waals surface area contributed by atoms with Crippen LogP contribution in [0.25, 0.3) is 21.9 Å². The molecule has 10 heteroatoms. The molecule has 2 N–H and O–H groups in total. The molecule has 212 valence electrons. The largest absolute Gasteiger partial charge is 0.495 e. The molecule has 3 aromatic carbocycles. The number of anilines is 4. The van der Waals surface area contributed by atoms with Gasteiger partial charge in [0.2, 0.25) is 5.95 Å². The Bertz CT molecular complexity index is 1800. The first-order chi connectivity index (χ1) is 19.3. The minimum absolute atomic E-state index is 0.127. The summed E-state index contributed by atoms with van der Waals surface area (Å²) in [5.74, 6) is 1.61. The highest BCUT2D eigenvalue weighted by atomic mass is 79.9. The molecule has 0 amide bonds. The Morgan fingerprint density at radius 1 is 1.00 bits per heavy atom. The van der Waals surface area contributed by atoms with Gasteiger partial charge in [0, 0.05) is 30.3 Å². The van der Waals surface area contributed by atoms with Gasteiger partial charge in [-0.25, -0.2) is 4.98 Å². The van der Waals surface area contributed by atoms with Crippen LogP contribution in [-0.4, -0.2) is 40.2 Å². The zero-order chi connectivity index (χ0) is 29.5. The Hall–Kier alpha value is -3.68. The maximum Gasteiger partial charge on any atom is 0.229 e. The quantitative estimate of drug-likeness (QED) is 0.177. The molecular weight excluding hydrogens is 599 g/mol. The lowest BCUT2D eigenvalue weighted by Crippen LogP contribution is -2.14. The Balaban J connectivity index is 1.56. The number of aryl methyl sites for hydroxylation is 1. The van der Waals surface area contributed by atoms with E-state index in [0.717, 1.165) is 44.1 Å². The third-order valence-corrected chi connectivity index (χ3v) is 8.99. The summed E-state index contributed by atoms with van der Waals surface area (Å²) in [4.78, 5) is 9.29. The average Bonchev–Trinajstić information content (AvgIpc) is 3.35. The van der Waals surface area contributed by atoms with Crippen LogP contribution in [0.4, 0.5) is 23.1 Å². The van der Waals surface area contributed by atoms with E-state index in [0.29, 0.717) is 22.0 Å². The Kier molecular flexibility index (Phi) is 7.70. The predicted molar refractivity (Wildman–Crippen MR) is 173 cm³/mol. The van der Waals surface area contributed by atoms with Gasteiger partial charge in [-0.15, -0.1) is 0 Å². The first-order valence-corrected chi connectivity index (χ1v) is 16.6. The lowest BCUT2D eigenvalue weighted by atomic mass is 9.82. The molecule has 0 bridgehead atoms. The molecule has 0 radical (unpaired) electrons. The summed E-state index contributed by atoms with van der Waals surface area (Å²) in [7, 11) is 0.918. The number of benzene rings is 3. The van der Waals surface area contributed by atoms with Gasteiger partial charge in [0.15, 0.2) is 0 Å². The van der Waals surface area contributed by atoms with Crippen LogP contribution in [0, 0.1) is 0 Å². The van der Waals surface area contributed by atoms with E-state index in [9.17, 15) is 4.57 Å². The van der Waals surface area contributed by atoms with Crippen molar-refractivity contribution in [2.75, 3.05) is 31.1 Å². The third kappa shape index (κ3) is 6.02. The zero-order valence-electron chi connectivity index (χ0n) is 24.3. The van der Waals surface area contributed by atoms with Crippen LogP contribution in [0.15, 0.2) is 71.6 Å².